The second-order valence-electron chi connectivity index (χ2n) is 6.48. The number of nitriles is 1. The number of allylic oxidation sites excluding steroid dienone is 2. The lowest BCUT2D eigenvalue weighted by Gasteiger charge is -2.13. The first-order valence-electron chi connectivity index (χ1n) is 8.63. The third-order valence-electron chi connectivity index (χ3n) is 5.04. The summed E-state index contributed by atoms with van der Waals surface area (Å²) in [5.41, 5.74) is 3.62. The molecule has 1 N–H and O–H groups in total. The number of hydrogen-bond donors (Lipinski definition) is 1. The summed E-state index contributed by atoms with van der Waals surface area (Å²) in [5.74, 6) is 0.583. The van der Waals surface area contributed by atoms with Crippen LogP contribution in [0.25, 0.3) is 11.8 Å². The van der Waals surface area contributed by atoms with Crippen molar-refractivity contribution in [3.05, 3.63) is 63.3 Å². The van der Waals surface area contributed by atoms with Crippen molar-refractivity contribution >= 4 is 17.6 Å². The number of aromatic nitrogens is 1. The molecule has 5 heteroatoms. The largest absolute Gasteiger partial charge is 0.497 e. The van der Waals surface area contributed by atoms with E-state index >= 15 is 0 Å². The summed E-state index contributed by atoms with van der Waals surface area (Å²) in [4.78, 5) is 12.9. The van der Waals surface area contributed by atoms with E-state index in [4.69, 9.17) is 4.74 Å². The Morgan fingerprint density at radius 2 is 2.04 bits per heavy atom. The highest BCUT2D eigenvalue weighted by Gasteiger charge is 2.27. The SMILES string of the molecule is COc1ccc(C2=c3c(c(C)c4n3CCCNC=4)C(=O)C(C#N)=C2)cc1. The molecule has 1 aliphatic heterocycles. The van der Waals surface area contributed by atoms with Gasteiger partial charge in [-0.25, -0.2) is 0 Å². The molecule has 0 atom stereocenters. The number of rotatable bonds is 2. The molecule has 0 bridgehead atoms. The molecule has 130 valence electrons. The van der Waals surface area contributed by atoms with Crippen molar-refractivity contribution in [2.45, 2.75) is 19.9 Å². The van der Waals surface area contributed by atoms with Crippen molar-refractivity contribution in [2.75, 3.05) is 13.7 Å². The molecule has 1 aromatic heterocycles. The Balaban J connectivity index is 2.11. The fourth-order valence-electron chi connectivity index (χ4n) is 3.73. The Hall–Kier alpha value is -3.26. The molecule has 0 fully saturated rings. The predicted molar refractivity (Wildman–Crippen MR) is 99.0 cm³/mol. The minimum absolute atomic E-state index is 0.181. The van der Waals surface area contributed by atoms with Gasteiger partial charge in [-0.3, -0.25) is 4.79 Å². The summed E-state index contributed by atoms with van der Waals surface area (Å²) in [6.07, 6.45) is 4.67. The normalized spacial score (nSPS) is 15.7. The summed E-state index contributed by atoms with van der Waals surface area (Å²) in [6, 6.07) is 9.79. The Kier molecular flexibility index (Phi) is 3.89. The van der Waals surface area contributed by atoms with Crippen molar-refractivity contribution in [1.82, 2.24) is 9.88 Å². The van der Waals surface area contributed by atoms with Crippen molar-refractivity contribution in [3.8, 4) is 11.8 Å². The first-order chi connectivity index (χ1) is 12.7. The number of methoxy groups -OCH3 is 1. The number of fused-ring (bicyclic) bond motifs is 3. The first-order valence-corrected chi connectivity index (χ1v) is 8.63. The van der Waals surface area contributed by atoms with E-state index in [2.05, 4.69) is 16.0 Å². The number of nitrogens with one attached hydrogen (secondary N) is 1. The van der Waals surface area contributed by atoms with E-state index in [9.17, 15) is 10.1 Å². The molecule has 0 unspecified atom stereocenters. The average Bonchev–Trinajstić information content (AvgIpc) is 2.82. The lowest BCUT2D eigenvalue weighted by molar-refractivity contribution is 0.103. The van der Waals surface area contributed by atoms with Crippen LogP contribution in [0.2, 0.25) is 0 Å². The van der Waals surface area contributed by atoms with Crippen LogP contribution in [0.1, 0.15) is 27.9 Å². The predicted octanol–water partition coefficient (Wildman–Crippen LogP) is 1.38. The van der Waals surface area contributed by atoms with Crippen molar-refractivity contribution in [3.63, 3.8) is 0 Å². The van der Waals surface area contributed by atoms with Crippen LogP contribution in [0.3, 0.4) is 0 Å². The summed E-state index contributed by atoms with van der Waals surface area (Å²) in [5, 5.41) is 14.7. The molecule has 1 aromatic carbocycles. The fourth-order valence-corrected chi connectivity index (χ4v) is 3.73. The molecule has 0 radical (unpaired) electrons. The standard InChI is InChI=1S/C21H19N3O2/c1-13-18-12-23-8-3-9-24(18)20-17(10-15(11-22)21(25)19(13)20)14-4-6-16(26-2)7-5-14/h4-7,10,12,23H,3,8-9H2,1-2H3. The molecule has 26 heavy (non-hydrogen) atoms. The Morgan fingerprint density at radius 3 is 2.73 bits per heavy atom. The van der Waals surface area contributed by atoms with Gasteiger partial charge in [0.2, 0.25) is 5.78 Å². The lowest BCUT2D eigenvalue weighted by atomic mass is 9.91. The molecular formula is C21H19N3O2. The van der Waals surface area contributed by atoms with Gasteiger partial charge >= 0.3 is 0 Å². The van der Waals surface area contributed by atoms with Crippen molar-refractivity contribution in [1.29, 1.82) is 5.26 Å². The van der Waals surface area contributed by atoms with Crippen LogP contribution in [-0.2, 0) is 6.54 Å². The number of carbonyl (C=O) groups excluding carboxylic acids is 1. The van der Waals surface area contributed by atoms with Crippen molar-refractivity contribution in [2.24, 2.45) is 0 Å². The van der Waals surface area contributed by atoms with Gasteiger partial charge in [0.1, 0.15) is 17.4 Å². The van der Waals surface area contributed by atoms with Gasteiger partial charge in [0.25, 0.3) is 0 Å². The first kappa shape index (κ1) is 16.2. The molecule has 0 saturated heterocycles. The van der Waals surface area contributed by atoms with E-state index < -0.39 is 0 Å². The number of Topliss-reactive ketones (excluding diaryl/α,β-unsaturated/α-hetero) is 1. The third kappa shape index (κ3) is 2.34. The molecule has 0 amide bonds. The number of carbonyl (C=O) groups is 1. The summed E-state index contributed by atoms with van der Waals surface area (Å²) in [7, 11) is 1.63. The van der Waals surface area contributed by atoms with Crippen molar-refractivity contribution < 1.29 is 9.53 Å². The lowest BCUT2D eigenvalue weighted by Crippen LogP contribution is -2.32. The second kappa shape index (κ2) is 6.23. The van der Waals surface area contributed by atoms with Gasteiger partial charge in [-0.2, -0.15) is 5.26 Å². The number of ketones is 1. The van der Waals surface area contributed by atoms with Gasteiger partial charge in [0, 0.05) is 24.9 Å². The van der Waals surface area contributed by atoms with Gasteiger partial charge in [-0.05, 0) is 42.7 Å². The van der Waals surface area contributed by atoms with E-state index in [1.54, 1.807) is 13.2 Å². The van der Waals surface area contributed by atoms with Crippen LogP contribution < -0.4 is 20.8 Å². The maximum absolute atomic E-state index is 12.9. The molecule has 0 spiro atoms. The minimum Gasteiger partial charge on any atom is -0.497 e. The molecule has 1 aliphatic carbocycles. The van der Waals surface area contributed by atoms with Gasteiger partial charge in [-0.1, -0.05) is 12.1 Å². The molecule has 2 aromatic rings. The van der Waals surface area contributed by atoms with E-state index in [0.29, 0.717) is 5.56 Å². The van der Waals surface area contributed by atoms with Gasteiger partial charge in [0.15, 0.2) is 0 Å². The van der Waals surface area contributed by atoms with Gasteiger partial charge in [0.05, 0.1) is 23.4 Å². The molecular weight excluding hydrogens is 326 g/mol. The minimum atomic E-state index is -0.189. The summed E-state index contributed by atoms with van der Waals surface area (Å²) >= 11 is 0. The highest BCUT2D eigenvalue weighted by atomic mass is 16.5. The Morgan fingerprint density at radius 1 is 1.27 bits per heavy atom. The maximum atomic E-state index is 12.9. The van der Waals surface area contributed by atoms with Crippen LogP contribution in [0.4, 0.5) is 0 Å². The molecule has 5 nitrogen and oxygen atoms in total. The van der Waals surface area contributed by atoms with E-state index in [-0.39, 0.29) is 11.4 Å². The Labute approximate surface area is 151 Å². The average molecular weight is 345 g/mol. The zero-order valence-electron chi connectivity index (χ0n) is 14.8. The topological polar surface area (TPSA) is 67.0 Å². The summed E-state index contributed by atoms with van der Waals surface area (Å²) < 4.78 is 7.45. The summed E-state index contributed by atoms with van der Waals surface area (Å²) in [6.45, 7) is 3.69. The maximum Gasteiger partial charge on any atom is 0.206 e. The van der Waals surface area contributed by atoms with Crippen LogP contribution in [0.5, 0.6) is 5.75 Å². The smallest absolute Gasteiger partial charge is 0.206 e. The fraction of sp³-hybridized carbons (Fsp3) is 0.238. The molecule has 2 heterocycles. The van der Waals surface area contributed by atoms with Crippen LogP contribution >= 0.6 is 0 Å². The molecule has 0 saturated carbocycles. The van der Waals surface area contributed by atoms with Gasteiger partial charge in [-0.15, -0.1) is 0 Å². The van der Waals surface area contributed by atoms with Crippen LogP contribution in [0, 0.1) is 18.3 Å². The molecule has 4 rings (SSSR count). The highest BCUT2D eigenvalue weighted by molar-refractivity contribution is 6.16. The zero-order chi connectivity index (χ0) is 18.3. The molecule has 2 aliphatic rings. The second-order valence-corrected chi connectivity index (χ2v) is 6.48. The van der Waals surface area contributed by atoms with Crippen LogP contribution in [-0.4, -0.2) is 24.0 Å². The highest BCUT2D eigenvalue weighted by Crippen LogP contribution is 2.24. The number of nitrogens with zero attached hydrogens (tertiary/aromatic N) is 2. The van der Waals surface area contributed by atoms with E-state index in [1.165, 1.54) is 0 Å². The zero-order valence-corrected chi connectivity index (χ0v) is 14.8. The number of hydrogen-bond acceptors (Lipinski definition) is 4. The third-order valence-corrected chi connectivity index (χ3v) is 5.04. The Bertz CT molecular complexity index is 1100. The number of benzene rings is 1. The van der Waals surface area contributed by atoms with E-state index in [1.807, 2.05) is 37.4 Å². The monoisotopic (exact) mass is 345 g/mol. The quantitative estimate of drug-likeness (QED) is 0.893. The van der Waals surface area contributed by atoms with Gasteiger partial charge < -0.3 is 14.6 Å². The van der Waals surface area contributed by atoms with E-state index in [0.717, 1.165) is 52.7 Å². The number of ether oxygens (including phenoxy) is 1. The van der Waals surface area contributed by atoms with Crippen LogP contribution in [0.15, 0.2) is 35.9 Å².